The Hall–Kier alpha value is -2.66. The van der Waals surface area contributed by atoms with Crippen LogP contribution in [0.2, 0.25) is 0 Å². The van der Waals surface area contributed by atoms with Gasteiger partial charge >= 0.3 is 0 Å². The summed E-state index contributed by atoms with van der Waals surface area (Å²) in [5.41, 5.74) is 2.48. The van der Waals surface area contributed by atoms with Crippen molar-refractivity contribution < 1.29 is 14.3 Å². The lowest BCUT2D eigenvalue weighted by Crippen LogP contribution is -2.50. The first kappa shape index (κ1) is 22.5. The zero-order valence-electron chi connectivity index (χ0n) is 18.8. The minimum Gasteiger partial charge on any atom is -0.381 e. The number of likely N-dealkylation sites (tertiary alicyclic amines) is 1. The number of amides is 2. The van der Waals surface area contributed by atoms with Crippen molar-refractivity contribution >= 4 is 11.8 Å². The fourth-order valence-electron chi connectivity index (χ4n) is 4.99. The number of carbonyl (C=O) groups excluding carboxylic acids is 2. The maximum atomic E-state index is 13.1. The zero-order chi connectivity index (χ0) is 22.2. The quantitative estimate of drug-likeness (QED) is 0.689. The van der Waals surface area contributed by atoms with E-state index in [4.69, 9.17) is 4.74 Å². The van der Waals surface area contributed by atoms with Crippen molar-refractivity contribution in [3.05, 3.63) is 71.8 Å². The molecule has 2 saturated heterocycles. The molecular formula is C27H34N2O3. The zero-order valence-corrected chi connectivity index (χ0v) is 18.8. The smallest absolute Gasteiger partial charge is 0.224 e. The first-order valence-electron chi connectivity index (χ1n) is 11.9. The van der Waals surface area contributed by atoms with E-state index < -0.39 is 0 Å². The molecule has 2 aliphatic heterocycles. The second kappa shape index (κ2) is 10.8. The summed E-state index contributed by atoms with van der Waals surface area (Å²) in [4.78, 5) is 27.4. The topological polar surface area (TPSA) is 58.6 Å². The van der Waals surface area contributed by atoms with Crippen LogP contribution in [-0.4, -0.2) is 49.6 Å². The van der Waals surface area contributed by atoms with Gasteiger partial charge in [-0.1, -0.05) is 60.7 Å². The minimum absolute atomic E-state index is 0.0744. The van der Waals surface area contributed by atoms with Crippen molar-refractivity contribution in [1.82, 2.24) is 10.2 Å². The number of hydrogen-bond acceptors (Lipinski definition) is 3. The van der Waals surface area contributed by atoms with Crippen LogP contribution in [0.15, 0.2) is 60.7 Å². The summed E-state index contributed by atoms with van der Waals surface area (Å²) >= 11 is 0. The molecule has 2 aromatic rings. The largest absolute Gasteiger partial charge is 0.381 e. The lowest BCUT2D eigenvalue weighted by molar-refractivity contribution is -0.138. The van der Waals surface area contributed by atoms with Crippen LogP contribution < -0.4 is 5.32 Å². The Labute approximate surface area is 191 Å². The van der Waals surface area contributed by atoms with Crippen LogP contribution in [0, 0.1) is 5.92 Å². The Morgan fingerprint density at radius 2 is 1.72 bits per heavy atom. The lowest BCUT2D eigenvalue weighted by Gasteiger charge is -2.39. The van der Waals surface area contributed by atoms with E-state index in [0.29, 0.717) is 32.5 Å². The average Bonchev–Trinajstić information content (AvgIpc) is 2.85. The van der Waals surface area contributed by atoms with Crippen molar-refractivity contribution in [2.24, 2.45) is 5.92 Å². The maximum Gasteiger partial charge on any atom is 0.224 e. The Bertz CT molecular complexity index is 878. The van der Waals surface area contributed by atoms with Crippen LogP contribution in [0.1, 0.15) is 43.2 Å². The monoisotopic (exact) mass is 434 g/mol. The van der Waals surface area contributed by atoms with E-state index >= 15 is 0 Å². The highest BCUT2D eigenvalue weighted by atomic mass is 16.5. The van der Waals surface area contributed by atoms with Gasteiger partial charge in [-0.15, -0.1) is 0 Å². The number of nitrogens with one attached hydrogen (secondary N) is 1. The summed E-state index contributed by atoms with van der Waals surface area (Å²) in [6.45, 7) is 3.30. The SMILES string of the molecule is O=C(NCC1(c2ccccc2)CCOCC1)C1CCC(=O)N(CCCc2ccccc2)C1. The van der Waals surface area contributed by atoms with Gasteiger partial charge in [0.25, 0.3) is 0 Å². The first-order valence-corrected chi connectivity index (χ1v) is 11.9. The molecule has 5 nitrogen and oxygen atoms in total. The van der Waals surface area contributed by atoms with E-state index in [1.54, 1.807) is 0 Å². The number of rotatable bonds is 8. The number of benzene rings is 2. The van der Waals surface area contributed by atoms with Crippen LogP contribution in [0.4, 0.5) is 0 Å². The van der Waals surface area contributed by atoms with Crippen LogP contribution in [0.25, 0.3) is 0 Å². The predicted molar refractivity (Wildman–Crippen MR) is 125 cm³/mol. The van der Waals surface area contributed by atoms with Crippen molar-refractivity contribution in [1.29, 1.82) is 0 Å². The van der Waals surface area contributed by atoms with Gasteiger partial charge in [0.15, 0.2) is 0 Å². The summed E-state index contributed by atoms with van der Waals surface area (Å²) < 4.78 is 5.61. The number of ether oxygens (including phenoxy) is 1. The molecule has 2 aliphatic rings. The van der Waals surface area contributed by atoms with Crippen LogP contribution in [0.3, 0.4) is 0 Å². The molecule has 5 heteroatoms. The molecule has 2 amide bonds. The van der Waals surface area contributed by atoms with E-state index in [1.165, 1.54) is 11.1 Å². The molecule has 170 valence electrons. The van der Waals surface area contributed by atoms with Gasteiger partial charge in [0, 0.05) is 44.7 Å². The second-order valence-electron chi connectivity index (χ2n) is 9.14. The summed E-state index contributed by atoms with van der Waals surface area (Å²) in [5.74, 6) is 0.122. The highest BCUT2D eigenvalue weighted by molar-refractivity contribution is 5.83. The fourth-order valence-corrected chi connectivity index (χ4v) is 4.99. The van der Waals surface area contributed by atoms with Crippen LogP contribution in [0.5, 0.6) is 0 Å². The Balaban J connectivity index is 1.31. The molecule has 1 N–H and O–H groups in total. The molecule has 1 unspecified atom stereocenters. The number of aryl methyl sites for hydroxylation is 1. The Morgan fingerprint density at radius 1 is 1.03 bits per heavy atom. The Kier molecular flexibility index (Phi) is 7.59. The second-order valence-corrected chi connectivity index (χ2v) is 9.14. The fraction of sp³-hybridized carbons (Fsp3) is 0.481. The molecule has 0 bridgehead atoms. The van der Waals surface area contributed by atoms with E-state index in [1.807, 2.05) is 29.2 Å². The van der Waals surface area contributed by atoms with Crippen molar-refractivity contribution in [3.63, 3.8) is 0 Å². The van der Waals surface area contributed by atoms with Crippen LogP contribution in [-0.2, 0) is 26.2 Å². The molecule has 1 atom stereocenters. The molecule has 2 fully saturated rings. The maximum absolute atomic E-state index is 13.1. The normalized spacial score (nSPS) is 20.7. The van der Waals surface area contributed by atoms with Gasteiger partial charge in [-0.25, -0.2) is 0 Å². The van der Waals surface area contributed by atoms with E-state index in [2.05, 4.69) is 41.7 Å². The number of piperidine rings is 1. The number of hydrogen-bond donors (Lipinski definition) is 1. The minimum atomic E-state index is -0.128. The van der Waals surface area contributed by atoms with Crippen molar-refractivity contribution in [2.75, 3.05) is 32.8 Å². The average molecular weight is 435 g/mol. The van der Waals surface area contributed by atoms with E-state index in [9.17, 15) is 9.59 Å². The van der Waals surface area contributed by atoms with Gasteiger partial charge < -0.3 is 15.0 Å². The third-order valence-corrected chi connectivity index (χ3v) is 7.04. The van der Waals surface area contributed by atoms with E-state index in [0.717, 1.165) is 38.9 Å². The molecule has 2 heterocycles. The molecule has 0 spiro atoms. The Morgan fingerprint density at radius 3 is 2.44 bits per heavy atom. The molecule has 0 saturated carbocycles. The molecular weight excluding hydrogens is 400 g/mol. The lowest BCUT2D eigenvalue weighted by atomic mass is 9.74. The van der Waals surface area contributed by atoms with Gasteiger partial charge in [0.05, 0.1) is 5.92 Å². The van der Waals surface area contributed by atoms with E-state index in [-0.39, 0.29) is 23.1 Å². The molecule has 0 aliphatic carbocycles. The van der Waals surface area contributed by atoms with Gasteiger partial charge in [-0.05, 0) is 43.2 Å². The molecule has 0 radical (unpaired) electrons. The first-order chi connectivity index (χ1) is 15.7. The standard InChI is InChI=1S/C27H34N2O3/c30-25-14-13-23(20-29(25)17-7-10-22-8-3-1-4-9-22)26(31)28-21-27(15-18-32-19-16-27)24-11-5-2-6-12-24/h1-6,8-9,11-12,23H,7,10,13-21H2,(H,28,31). The third kappa shape index (κ3) is 5.57. The summed E-state index contributed by atoms with van der Waals surface area (Å²) in [6.07, 6.45) is 4.78. The van der Waals surface area contributed by atoms with Gasteiger partial charge in [-0.3, -0.25) is 9.59 Å². The molecule has 4 rings (SSSR count). The number of carbonyl (C=O) groups is 2. The van der Waals surface area contributed by atoms with Gasteiger partial charge in [0.1, 0.15) is 0 Å². The summed E-state index contributed by atoms with van der Waals surface area (Å²) in [5, 5.41) is 3.25. The molecule has 2 aromatic carbocycles. The summed E-state index contributed by atoms with van der Waals surface area (Å²) in [6, 6.07) is 20.8. The predicted octanol–water partition coefficient (Wildman–Crippen LogP) is 3.72. The van der Waals surface area contributed by atoms with Gasteiger partial charge in [0.2, 0.25) is 11.8 Å². The molecule has 0 aromatic heterocycles. The number of nitrogens with zero attached hydrogens (tertiary/aromatic N) is 1. The van der Waals surface area contributed by atoms with Crippen LogP contribution >= 0.6 is 0 Å². The van der Waals surface area contributed by atoms with Crippen molar-refractivity contribution in [2.45, 2.75) is 43.9 Å². The van der Waals surface area contributed by atoms with Crippen molar-refractivity contribution in [3.8, 4) is 0 Å². The highest BCUT2D eigenvalue weighted by Gasteiger charge is 2.36. The highest BCUT2D eigenvalue weighted by Crippen LogP contribution is 2.34. The van der Waals surface area contributed by atoms with Gasteiger partial charge in [-0.2, -0.15) is 0 Å². The molecule has 32 heavy (non-hydrogen) atoms. The summed E-state index contributed by atoms with van der Waals surface area (Å²) in [7, 11) is 0. The third-order valence-electron chi connectivity index (χ3n) is 7.04.